The molecule has 21 heavy (non-hydrogen) atoms. The van der Waals surface area contributed by atoms with E-state index in [-0.39, 0.29) is 6.10 Å². The SMILES string of the molecule is Cc1ccc2c(c1)[C@H](O)CC(c1cc(C)c(O)c(C)c1)O2. The highest BCUT2D eigenvalue weighted by atomic mass is 16.5. The van der Waals surface area contributed by atoms with Crippen LogP contribution in [0.5, 0.6) is 11.5 Å². The third kappa shape index (κ3) is 2.49. The zero-order valence-electron chi connectivity index (χ0n) is 12.6. The highest BCUT2D eigenvalue weighted by Gasteiger charge is 2.28. The molecule has 0 spiro atoms. The monoisotopic (exact) mass is 284 g/mol. The second kappa shape index (κ2) is 5.08. The van der Waals surface area contributed by atoms with Crippen LogP contribution in [0, 0.1) is 20.8 Å². The number of benzene rings is 2. The molecule has 2 aromatic rings. The summed E-state index contributed by atoms with van der Waals surface area (Å²) in [6, 6.07) is 9.74. The van der Waals surface area contributed by atoms with Crippen molar-refractivity contribution < 1.29 is 14.9 Å². The summed E-state index contributed by atoms with van der Waals surface area (Å²) in [4.78, 5) is 0. The zero-order chi connectivity index (χ0) is 15.1. The average molecular weight is 284 g/mol. The van der Waals surface area contributed by atoms with Crippen LogP contribution in [-0.4, -0.2) is 10.2 Å². The summed E-state index contributed by atoms with van der Waals surface area (Å²) < 4.78 is 6.05. The Bertz CT molecular complexity index is 668. The Morgan fingerprint density at radius 3 is 2.38 bits per heavy atom. The highest BCUT2D eigenvalue weighted by molar-refractivity contribution is 5.45. The van der Waals surface area contributed by atoms with Crippen LogP contribution in [0.15, 0.2) is 30.3 Å². The van der Waals surface area contributed by atoms with Crippen molar-refractivity contribution in [3.05, 3.63) is 58.1 Å². The molecule has 0 saturated carbocycles. The number of aliphatic hydroxyl groups excluding tert-OH is 1. The van der Waals surface area contributed by atoms with Crippen molar-refractivity contribution in [1.82, 2.24) is 0 Å². The largest absolute Gasteiger partial charge is 0.507 e. The van der Waals surface area contributed by atoms with Gasteiger partial charge in [-0.1, -0.05) is 11.6 Å². The maximum absolute atomic E-state index is 10.4. The first-order chi connectivity index (χ1) is 9.95. The van der Waals surface area contributed by atoms with E-state index in [0.717, 1.165) is 33.6 Å². The Balaban J connectivity index is 1.98. The van der Waals surface area contributed by atoms with Crippen molar-refractivity contribution in [1.29, 1.82) is 0 Å². The molecule has 2 N–H and O–H groups in total. The van der Waals surface area contributed by atoms with Gasteiger partial charge in [-0.2, -0.15) is 0 Å². The summed E-state index contributed by atoms with van der Waals surface area (Å²) >= 11 is 0. The predicted octanol–water partition coefficient (Wildman–Crippen LogP) is 3.87. The normalized spacial score (nSPS) is 20.8. The van der Waals surface area contributed by atoms with Gasteiger partial charge in [0.1, 0.15) is 17.6 Å². The van der Waals surface area contributed by atoms with Crippen molar-refractivity contribution in [2.45, 2.75) is 39.4 Å². The summed E-state index contributed by atoms with van der Waals surface area (Å²) in [5.74, 6) is 1.07. The maximum Gasteiger partial charge on any atom is 0.127 e. The molecule has 0 fully saturated rings. The van der Waals surface area contributed by atoms with Gasteiger partial charge < -0.3 is 14.9 Å². The van der Waals surface area contributed by atoms with Gasteiger partial charge in [-0.15, -0.1) is 0 Å². The van der Waals surface area contributed by atoms with Gasteiger partial charge in [0.25, 0.3) is 0 Å². The van der Waals surface area contributed by atoms with Crippen LogP contribution < -0.4 is 4.74 Å². The van der Waals surface area contributed by atoms with Gasteiger partial charge >= 0.3 is 0 Å². The molecule has 110 valence electrons. The molecule has 0 aromatic heterocycles. The number of phenolic OH excluding ortho intramolecular Hbond substituents is 1. The fourth-order valence-electron chi connectivity index (χ4n) is 2.95. The summed E-state index contributed by atoms with van der Waals surface area (Å²) in [5.41, 5.74) is 4.63. The molecule has 0 amide bonds. The Morgan fingerprint density at radius 1 is 1.05 bits per heavy atom. The number of rotatable bonds is 1. The van der Waals surface area contributed by atoms with E-state index in [4.69, 9.17) is 4.74 Å². The zero-order valence-corrected chi connectivity index (χ0v) is 12.6. The van der Waals surface area contributed by atoms with E-state index in [1.165, 1.54) is 0 Å². The highest BCUT2D eigenvalue weighted by Crippen LogP contribution is 2.42. The molecule has 3 rings (SSSR count). The van der Waals surface area contributed by atoms with Gasteiger partial charge in [0.15, 0.2) is 0 Å². The molecule has 3 nitrogen and oxygen atoms in total. The Morgan fingerprint density at radius 2 is 1.71 bits per heavy atom. The molecule has 0 aliphatic carbocycles. The molecule has 1 unspecified atom stereocenters. The van der Waals surface area contributed by atoms with Crippen molar-refractivity contribution in [2.75, 3.05) is 0 Å². The molecular formula is C18H20O3. The smallest absolute Gasteiger partial charge is 0.127 e. The van der Waals surface area contributed by atoms with E-state index < -0.39 is 6.10 Å². The molecule has 1 heterocycles. The fraction of sp³-hybridized carbons (Fsp3) is 0.333. The van der Waals surface area contributed by atoms with Gasteiger partial charge in [-0.05, 0) is 61.7 Å². The summed E-state index contributed by atoms with van der Waals surface area (Å²) in [6.45, 7) is 5.76. The molecule has 2 aromatic carbocycles. The second-order valence-electron chi connectivity index (χ2n) is 5.90. The first kappa shape index (κ1) is 14.0. The van der Waals surface area contributed by atoms with Crippen molar-refractivity contribution in [2.24, 2.45) is 0 Å². The second-order valence-corrected chi connectivity index (χ2v) is 5.90. The van der Waals surface area contributed by atoms with E-state index in [1.54, 1.807) is 0 Å². The number of fused-ring (bicyclic) bond motifs is 1. The lowest BCUT2D eigenvalue weighted by molar-refractivity contribution is 0.0656. The van der Waals surface area contributed by atoms with Gasteiger partial charge in [-0.25, -0.2) is 0 Å². The first-order valence-electron chi connectivity index (χ1n) is 7.21. The Kier molecular flexibility index (Phi) is 3.38. The van der Waals surface area contributed by atoms with Gasteiger partial charge in [0.05, 0.1) is 6.10 Å². The lowest BCUT2D eigenvalue weighted by Crippen LogP contribution is -2.19. The van der Waals surface area contributed by atoms with Gasteiger partial charge in [0, 0.05) is 12.0 Å². The van der Waals surface area contributed by atoms with E-state index in [9.17, 15) is 10.2 Å². The third-order valence-electron chi connectivity index (χ3n) is 4.12. The number of hydrogen-bond acceptors (Lipinski definition) is 3. The number of ether oxygens (including phenoxy) is 1. The number of phenols is 1. The van der Waals surface area contributed by atoms with E-state index >= 15 is 0 Å². The molecule has 2 atom stereocenters. The minimum atomic E-state index is -0.520. The molecule has 3 heteroatoms. The summed E-state index contributed by atoms with van der Waals surface area (Å²) in [5, 5.41) is 20.3. The van der Waals surface area contributed by atoms with Crippen molar-refractivity contribution >= 4 is 0 Å². The summed E-state index contributed by atoms with van der Waals surface area (Å²) in [7, 11) is 0. The van der Waals surface area contributed by atoms with Gasteiger partial charge in [0.2, 0.25) is 0 Å². The fourth-order valence-corrected chi connectivity index (χ4v) is 2.95. The van der Waals surface area contributed by atoms with Crippen LogP contribution >= 0.6 is 0 Å². The standard InChI is InChI=1S/C18H20O3/c1-10-4-5-16-14(6-10)15(19)9-17(21-16)13-7-11(2)18(20)12(3)8-13/h4-8,15,17,19-20H,9H2,1-3H3/t15-,17?/m1/s1. The van der Waals surface area contributed by atoms with E-state index in [1.807, 2.05) is 51.1 Å². The molecule has 0 bridgehead atoms. The molecule has 1 aliphatic rings. The number of hydrogen-bond donors (Lipinski definition) is 2. The number of aryl methyl sites for hydroxylation is 3. The minimum absolute atomic E-state index is 0.187. The van der Waals surface area contributed by atoms with Crippen LogP contribution in [0.4, 0.5) is 0 Å². The third-order valence-corrected chi connectivity index (χ3v) is 4.12. The number of aromatic hydroxyl groups is 1. The molecule has 1 aliphatic heterocycles. The van der Waals surface area contributed by atoms with Crippen molar-refractivity contribution in [3.63, 3.8) is 0 Å². The van der Waals surface area contributed by atoms with Gasteiger partial charge in [-0.3, -0.25) is 0 Å². The lowest BCUT2D eigenvalue weighted by atomic mass is 9.92. The Labute approximate surface area is 124 Å². The molecular weight excluding hydrogens is 264 g/mol. The molecule has 0 saturated heterocycles. The van der Waals surface area contributed by atoms with Crippen LogP contribution in [-0.2, 0) is 0 Å². The van der Waals surface area contributed by atoms with Crippen LogP contribution in [0.1, 0.15) is 46.4 Å². The average Bonchev–Trinajstić information content (AvgIpc) is 2.44. The quantitative estimate of drug-likeness (QED) is 0.835. The topological polar surface area (TPSA) is 49.7 Å². The molecule has 0 radical (unpaired) electrons. The predicted molar refractivity (Wildman–Crippen MR) is 81.7 cm³/mol. The first-order valence-corrected chi connectivity index (χ1v) is 7.21. The van der Waals surface area contributed by atoms with Crippen LogP contribution in [0.25, 0.3) is 0 Å². The lowest BCUT2D eigenvalue weighted by Gasteiger charge is -2.30. The maximum atomic E-state index is 10.4. The van der Waals surface area contributed by atoms with Crippen LogP contribution in [0.3, 0.4) is 0 Å². The number of aliphatic hydroxyl groups is 1. The minimum Gasteiger partial charge on any atom is -0.507 e. The Hall–Kier alpha value is -2.00. The van der Waals surface area contributed by atoms with Crippen molar-refractivity contribution in [3.8, 4) is 11.5 Å². The van der Waals surface area contributed by atoms with E-state index in [2.05, 4.69) is 0 Å². The van der Waals surface area contributed by atoms with Crippen LogP contribution in [0.2, 0.25) is 0 Å². The van der Waals surface area contributed by atoms with E-state index in [0.29, 0.717) is 12.2 Å². The summed E-state index contributed by atoms with van der Waals surface area (Å²) in [6.07, 6.45) is -0.179.